The van der Waals surface area contributed by atoms with Gasteiger partial charge in [-0.05, 0) is 25.1 Å². The molecule has 5 nitrogen and oxygen atoms in total. The van der Waals surface area contributed by atoms with Gasteiger partial charge in [0.05, 0.1) is 0 Å². The Balaban J connectivity index is 2.46. The van der Waals surface area contributed by atoms with E-state index in [0.717, 1.165) is 0 Å². The van der Waals surface area contributed by atoms with Gasteiger partial charge < -0.3 is 16.2 Å². The molecule has 0 aliphatic carbocycles. The predicted octanol–water partition coefficient (Wildman–Crippen LogP) is 0.875. The topological polar surface area (TPSA) is 90.7 Å². The van der Waals surface area contributed by atoms with Gasteiger partial charge in [0.15, 0.2) is 0 Å². The van der Waals surface area contributed by atoms with E-state index in [1.807, 2.05) is 0 Å². The fraction of sp³-hybridized carbons (Fsp3) is 0.333. The minimum Gasteiger partial charge on any atom is -0.454 e. The molecule has 1 heterocycles. The van der Waals surface area contributed by atoms with Crippen LogP contribution in [0, 0.1) is 5.82 Å². The van der Waals surface area contributed by atoms with E-state index < -0.39 is 17.3 Å². The molecule has 2 rings (SSSR count). The van der Waals surface area contributed by atoms with Crippen LogP contribution in [0.5, 0.6) is 0 Å². The lowest BCUT2D eigenvalue weighted by Crippen LogP contribution is -2.38. The molecular formula is C12H14FN3O2. The lowest BCUT2D eigenvalue weighted by atomic mass is 9.90. The van der Waals surface area contributed by atoms with Crippen LogP contribution in [0.3, 0.4) is 0 Å². The molecule has 18 heavy (non-hydrogen) atoms. The number of hydrogen-bond donors (Lipinski definition) is 2. The van der Waals surface area contributed by atoms with E-state index in [4.69, 9.17) is 16.2 Å². The van der Waals surface area contributed by atoms with Crippen LogP contribution in [0.25, 0.3) is 0 Å². The summed E-state index contributed by atoms with van der Waals surface area (Å²) in [5.74, 6) is -1.07. The zero-order valence-electron chi connectivity index (χ0n) is 9.94. The summed E-state index contributed by atoms with van der Waals surface area (Å²) in [7, 11) is 0. The average molecular weight is 251 g/mol. The second kappa shape index (κ2) is 4.29. The Kier molecular flexibility index (Phi) is 2.94. The zero-order valence-corrected chi connectivity index (χ0v) is 9.94. The third kappa shape index (κ3) is 2.13. The second-order valence-corrected chi connectivity index (χ2v) is 4.36. The Bertz CT molecular complexity index is 530. The molecule has 1 atom stereocenters. The summed E-state index contributed by atoms with van der Waals surface area (Å²) in [6.07, 6.45) is 0.479. The van der Waals surface area contributed by atoms with Gasteiger partial charge in [-0.3, -0.25) is 4.79 Å². The van der Waals surface area contributed by atoms with Crippen LogP contribution in [0.1, 0.15) is 29.3 Å². The third-order valence-corrected chi connectivity index (χ3v) is 3.01. The second-order valence-electron chi connectivity index (χ2n) is 4.36. The first-order valence-corrected chi connectivity index (χ1v) is 5.51. The summed E-state index contributed by atoms with van der Waals surface area (Å²) in [5.41, 5.74) is 10.3. The number of carbonyl (C=O) groups is 1. The molecule has 0 fully saturated rings. The standard InChI is InChI=1S/C12H14FN3O2/c1-12(4-5-16-11(15)18-12)8-6-7(10(14)17)2-3-9(8)13/h2-3,6H,4-5H2,1H3,(H2,14,17)(H2,15,16)/t12-/m0/s1. The minimum absolute atomic E-state index is 0.0210. The van der Waals surface area contributed by atoms with E-state index in [-0.39, 0.29) is 17.1 Å². The normalized spacial score (nSPS) is 23.1. The monoisotopic (exact) mass is 251 g/mol. The van der Waals surface area contributed by atoms with E-state index in [9.17, 15) is 9.18 Å². The molecule has 1 aromatic carbocycles. The molecule has 0 radical (unpaired) electrons. The van der Waals surface area contributed by atoms with Gasteiger partial charge in [-0.1, -0.05) is 0 Å². The Morgan fingerprint density at radius 2 is 2.28 bits per heavy atom. The Morgan fingerprint density at radius 1 is 1.56 bits per heavy atom. The third-order valence-electron chi connectivity index (χ3n) is 3.01. The summed E-state index contributed by atoms with van der Waals surface area (Å²) in [5, 5.41) is 0. The molecule has 1 aromatic rings. The molecule has 1 aliphatic rings. The van der Waals surface area contributed by atoms with Crippen molar-refractivity contribution in [3.63, 3.8) is 0 Å². The highest BCUT2D eigenvalue weighted by Gasteiger charge is 2.35. The smallest absolute Gasteiger partial charge is 0.282 e. The van der Waals surface area contributed by atoms with Gasteiger partial charge in [-0.2, -0.15) is 0 Å². The van der Waals surface area contributed by atoms with Crippen molar-refractivity contribution in [1.29, 1.82) is 0 Å². The number of hydrogen-bond acceptors (Lipinski definition) is 4. The number of nitrogens with zero attached hydrogens (tertiary/aromatic N) is 1. The quantitative estimate of drug-likeness (QED) is 0.817. The van der Waals surface area contributed by atoms with E-state index in [1.54, 1.807) is 6.92 Å². The molecule has 0 aromatic heterocycles. The number of benzene rings is 1. The van der Waals surface area contributed by atoms with Crippen LogP contribution < -0.4 is 11.5 Å². The summed E-state index contributed by atoms with van der Waals surface area (Å²) >= 11 is 0. The summed E-state index contributed by atoms with van der Waals surface area (Å²) in [6.45, 7) is 2.15. The lowest BCUT2D eigenvalue weighted by molar-refractivity contribution is 0.0481. The molecule has 96 valence electrons. The zero-order chi connectivity index (χ0) is 13.3. The molecule has 0 spiro atoms. The molecule has 1 aliphatic heterocycles. The fourth-order valence-electron chi connectivity index (χ4n) is 1.97. The van der Waals surface area contributed by atoms with Crippen molar-refractivity contribution >= 4 is 11.9 Å². The molecule has 0 unspecified atom stereocenters. The van der Waals surface area contributed by atoms with Crippen LogP contribution in [-0.2, 0) is 10.3 Å². The number of carbonyl (C=O) groups excluding carboxylic acids is 1. The molecule has 0 bridgehead atoms. The number of halogens is 1. The van der Waals surface area contributed by atoms with E-state index in [0.29, 0.717) is 13.0 Å². The van der Waals surface area contributed by atoms with E-state index in [1.165, 1.54) is 18.2 Å². The molecule has 0 saturated heterocycles. The molecule has 6 heteroatoms. The van der Waals surface area contributed by atoms with Gasteiger partial charge in [0.1, 0.15) is 11.4 Å². The first-order chi connectivity index (χ1) is 8.42. The summed E-state index contributed by atoms with van der Waals surface area (Å²) in [4.78, 5) is 15.0. The number of aliphatic imine (C=N–C) groups is 1. The van der Waals surface area contributed by atoms with Crippen molar-refractivity contribution in [3.05, 3.63) is 35.1 Å². The van der Waals surface area contributed by atoms with E-state index in [2.05, 4.69) is 4.99 Å². The largest absolute Gasteiger partial charge is 0.454 e. The number of primary amides is 1. The van der Waals surface area contributed by atoms with Crippen LogP contribution in [-0.4, -0.2) is 18.5 Å². The molecule has 4 N–H and O–H groups in total. The highest BCUT2D eigenvalue weighted by Crippen LogP contribution is 2.33. The average Bonchev–Trinajstić information content (AvgIpc) is 2.28. The van der Waals surface area contributed by atoms with Crippen molar-refractivity contribution in [2.24, 2.45) is 16.5 Å². The minimum atomic E-state index is -0.929. The predicted molar refractivity (Wildman–Crippen MR) is 64.5 cm³/mol. The lowest BCUT2D eigenvalue weighted by Gasteiger charge is -2.33. The number of ether oxygens (including phenoxy) is 1. The van der Waals surface area contributed by atoms with Gasteiger partial charge in [0.2, 0.25) is 5.91 Å². The molecule has 0 saturated carbocycles. The summed E-state index contributed by atoms with van der Waals surface area (Å²) in [6, 6.07) is 3.96. The highest BCUT2D eigenvalue weighted by molar-refractivity contribution is 5.93. The Morgan fingerprint density at radius 3 is 2.89 bits per heavy atom. The molecule has 1 amide bonds. The van der Waals surface area contributed by atoms with Gasteiger partial charge in [0.25, 0.3) is 6.02 Å². The first kappa shape index (κ1) is 12.3. The van der Waals surface area contributed by atoms with Crippen molar-refractivity contribution < 1.29 is 13.9 Å². The van der Waals surface area contributed by atoms with Crippen LogP contribution in [0.4, 0.5) is 4.39 Å². The maximum Gasteiger partial charge on any atom is 0.282 e. The summed E-state index contributed by atoms with van der Waals surface area (Å²) < 4.78 is 19.3. The van der Waals surface area contributed by atoms with Gasteiger partial charge >= 0.3 is 0 Å². The van der Waals surface area contributed by atoms with Crippen molar-refractivity contribution in [1.82, 2.24) is 0 Å². The van der Waals surface area contributed by atoms with Crippen LogP contribution in [0.15, 0.2) is 23.2 Å². The van der Waals surface area contributed by atoms with Crippen LogP contribution in [0.2, 0.25) is 0 Å². The van der Waals surface area contributed by atoms with Gasteiger partial charge in [-0.25, -0.2) is 9.38 Å². The van der Waals surface area contributed by atoms with E-state index >= 15 is 0 Å². The fourth-order valence-corrected chi connectivity index (χ4v) is 1.97. The number of amides is 1. The van der Waals surface area contributed by atoms with Crippen molar-refractivity contribution in [2.45, 2.75) is 18.9 Å². The Hall–Kier alpha value is -2.11. The molecular weight excluding hydrogens is 237 g/mol. The Labute approximate surface area is 104 Å². The maximum absolute atomic E-state index is 13.9. The van der Waals surface area contributed by atoms with Gasteiger partial charge in [-0.15, -0.1) is 0 Å². The number of amidine groups is 1. The number of rotatable bonds is 2. The van der Waals surface area contributed by atoms with Crippen molar-refractivity contribution in [3.8, 4) is 0 Å². The number of nitrogens with two attached hydrogens (primary N) is 2. The first-order valence-electron chi connectivity index (χ1n) is 5.51. The van der Waals surface area contributed by atoms with Crippen LogP contribution >= 0.6 is 0 Å². The SMILES string of the molecule is C[C@@]1(c2cc(C(N)=O)ccc2F)CCN=C(N)O1. The van der Waals surface area contributed by atoms with Crippen molar-refractivity contribution in [2.75, 3.05) is 6.54 Å². The van der Waals surface area contributed by atoms with Gasteiger partial charge in [0, 0.05) is 24.1 Å². The highest BCUT2D eigenvalue weighted by atomic mass is 19.1. The maximum atomic E-state index is 13.9.